The summed E-state index contributed by atoms with van der Waals surface area (Å²) in [6, 6.07) is 6.05. The summed E-state index contributed by atoms with van der Waals surface area (Å²) in [6.07, 6.45) is 7.62. The minimum atomic E-state index is -0.101. The molecule has 2 N–H and O–H groups in total. The van der Waals surface area contributed by atoms with E-state index < -0.39 is 0 Å². The predicted molar refractivity (Wildman–Crippen MR) is 88.3 cm³/mol. The van der Waals surface area contributed by atoms with Gasteiger partial charge in [-0.15, -0.1) is 0 Å². The molecule has 0 saturated carbocycles. The second kappa shape index (κ2) is 7.79. The van der Waals surface area contributed by atoms with Crippen molar-refractivity contribution in [3.8, 4) is 0 Å². The van der Waals surface area contributed by atoms with Gasteiger partial charge >= 0.3 is 0 Å². The van der Waals surface area contributed by atoms with Crippen LogP contribution in [0.4, 0.5) is 10.1 Å². The predicted octanol–water partition coefficient (Wildman–Crippen LogP) is 4.26. The molecule has 21 heavy (non-hydrogen) atoms. The maximum atomic E-state index is 14.4. The molecule has 1 saturated heterocycles. The Hall–Kier alpha value is -1.09. The van der Waals surface area contributed by atoms with Crippen LogP contribution in [0.5, 0.6) is 0 Å². The maximum absolute atomic E-state index is 14.4. The van der Waals surface area contributed by atoms with Gasteiger partial charge in [0.2, 0.25) is 0 Å². The largest absolute Gasteiger partial charge is 0.368 e. The molecule has 1 heterocycles. The molecule has 2 rings (SSSR count). The van der Waals surface area contributed by atoms with Crippen molar-refractivity contribution in [1.29, 1.82) is 0 Å². The molecule has 3 heteroatoms. The van der Waals surface area contributed by atoms with Crippen LogP contribution in [-0.2, 0) is 6.42 Å². The standard InChI is InChI=1S/C18H29FN2/c1-3-14(20)13-16-17(19)10-8-11-18(16)21-12-7-5-6-9-15(21)4-2/h8,10-11,14-15H,3-7,9,12-13,20H2,1-2H3. The molecule has 1 aromatic carbocycles. The van der Waals surface area contributed by atoms with E-state index in [-0.39, 0.29) is 11.9 Å². The summed E-state index contributed by atoms with van der Waals surface area (Å²) in [6.45, 7) is 5.34. The van der Waals surface area contributed by atoms with E-state index in [0.717, 1.165) is 30.6 Å². The Morgan fingerprint density at radius 1 is 1.29 bits per heavy atom. The van der Waals surface area contributed by atoms with Gasteiger partial charge in [-0.2, -0.15) is 0 Å². The van der Waals surface area contributed by atoms with Crippen molar-refractivity contribution in [1.82, 2.24) is 0 Å². The monoisotopic (exact) mass is 292 g/mol. The molecular formula is C18H29FN2. The number of halogens is 1. The molecule has 0 radical (unpaired) electrons. The van der Waals surface area contributed by atoms with Crippen molar-refractivity contribution in [2.75, 3.05) is 11.4 Å². The zero-order valence-corrected chi connectivity index (χ0v) is 13.4. The van der Waals surface area contributed by atoms with E-state index in [4.69, 9.17) is 5.73 Å². The highest BCUT2D eigenvalue weighted by atomic mass is 19.1. The summed E-state index contributed by atoms with van der Waals surface area (Å²) >= 11 is 0. The fourth-order valence-electron chi connectivity index (χ4n) is 3.34. The van der Waals surface area contributed by atoms with Crippen LogP contribution in [-0.4, -0.2) is 18.6 Å². The lowest BCUT2D eigenvalue weighted by Gasteiger charge is -2.33. The summed E-state index contributed by atoms with van der Waals surface area (Å²) in [5, 5.41) is 0. The molecule has 0 aromatic heterocycles. The number of hydrogen-bond donors (Lipinski definition) is 1. The molecule has 0 bridgehead atoms. The van der Waals surface area contributed by atoms with Gasteiger partial charge < -0.3 is 10.6 Å². The number of hydrogen-bond acceptors (Lipinski definition) is 2. The molecule has 1 aliphatic rings. The van der Waals surface area contributed by atoms with E-state index in [9.17, 15) is 4.39 Å². The van der Waals surface area contributed by atoms with Gasteiger partial charge in [0.05, 0.1) is 0 Å². The van der Waals surface area contributed by atoms with Crippen molar-refractivity contribution in [2.45, 2.75) is 70.9 Å². The van der Waals surface area contributed by atoms with Gasteiger partial charge in [0, 0.05) is 29.9 Å². The van der Waals surface area contributed by atoms with Gasteiger partial charge in [-0.3, -0.25) is 0 Å². The summed E-state index contributed by atoms with van der Waals surface area (Å²) < 4.78 is 14.4. The topological polar surface area (TPSA) is 29.3 Å². The van der Waals surface area contributed by atoms with Crippen LogP contribution in [0.1, 0.15) is 57.9 Å². The fraction of sp³-hybridized carbons (Fsp3) is 0.667. The van der Waals surface area contributed by atoms with Crippen LogP contribution in [0.15, 0.2) is 18.2 Å². The molecule has 0 amide bonds. The zero-order chi connectivity index (χ0) is 15.2. The number of benzene rings is 1. The summed E-state index contributed by atoms with van der Waals surface area (Å²) in [4.78, 5) is 2.44. The third kappa shape index (κ3) is 3.97. The Balaban J connectivity index is 2.34. The Bertz CT molecular complexity index is 447. The normalized spacial score (nSPS) is 21.1. The molecule has 118 valence electrons. The highest BCUT2D eigenvalue weighted by molar-refractivity contribution is 5.55. The van der Waals surface area contributed by atoms with E-state index >= 15 is 0 Å². The minimum Gasteiger partial charge on any atom is -0.368 e. The van der Waals surface area contributed by atoms with E-state index in [1.807, 2.05) is 6.07 Å². The Morgan fingerprint density at radius 3 is 2.81 bits per heavy atom. The highest BCUT2D eigenvalue weighted by Crippen LogP contribution is 2.31. The van der Waals surface area contributed by atoms with Crippen molar-refractivity contribution in [2.24, 2.45) is 5.73 Å². The number of rotatable bonds is 5. The molecule has 1 fully saturated rings. The van der Waals surface area contributed by atoms with Gasteiger partial charge in [-0.25, -0.2) is 4.39 Å². The van der Waals surface area contributed by atoms with Crippen LogP contribution in [0.3, 0.4) is 0 Å². The van der Waals surface area contributed by atoms with Crippen LogP contribution < -0.4 is 10.6 Å². The van der Waals surface area contributed by atoms with Crippen LogP contribution in [0, 0.1) is 5.82 Å². The molecule has 1 aromatic rings. The third-order valence-electron chi connectivity index (χ3n) is 4.74. The van der Waals surface area contributed by atoms with Gasteiger partial charge in [0.1, 0.15) is 5.82 Å². The van der Waals surface area contributed by atoms with E-state index in [2.05, 4.69) is 24.8 Å². The lowest BCUT2D eigenvalue weighted by Crippen LogP contribution is -2.36. The molecular weight excluding hydrogens is 263 g/mol. The molecule has 0 spiro atoms. The third-order valence-corrected chi connectivity index (χ3v) is 4.74. The van der Waals surface area contributed by atoms with Crippen LogP contribution >= 0.6 is 0 Å². The average molecular weight is 292 g/mol. The van der Waals surface area contributed by atoms with Gasteiger partial charge in [0.25, 0.3) is 0 Å². The van der Waals surface area contributed by atoms with Gasteiger partial charge in [0.15, 0.2) is 0 Å². The number of nitrogens with zero attached hydrogens (tertiary/aromatic N) is 1. The quantitative estimate of drug-likeness (QED) is 0.878. The summed E-state index contributed by atoms with van der Waals surface area (Å²) in [7, 11) is 0. The first-order valence-corrected chi connectivity index (χ1v) is 8.47. The Kier molecular flexibility index (Phi) is 6.04. The van der Waals surface area contributed by atoms with E-state index in [0.29, 0.717) is 12.5 Å². The van der Waals surface area contributed by atoms with Crippen LogP contribution in [0.2, 0.25) is 0 Å². The van der Waals surface area contributed by atoms with Crippen LogP contribution in [0.25, 0.3) is 0 Å². The second-order valence-corrected chi connectivity index (χ2v) is 6.21. The molecule has 0 aliphatic carbocycles. The highest BCUT2D eigenvalue weighted by Gasteiger charge is 2.23. The zero-order valence-electron chi connectivity index (χ0n) is 13.4. The first kappa shape index (κ1) is 16.3. The van der Waals surface area contributed by atoms with Gasteiger partial charge in [-0.05, 0) is 44.2 Å². The lowest BCUT2D eigenvalue weighted by atomic mass is 9.99. The first-order valence-electron chi connectivity index (χ1n) is 8.47. The molecule has 2 atom stereocenters. The summed E-state index contributed by atoms with van der Waals surface area (Å²) in [5.41, 5.74) is 7.97. The lowest BCUT2D eigenvalue weighted by molar-refractivity contribution is 0.543. The average Bonchev–Trinajstić information content (AvgIpc) is 2.74. The van der Waals surface area contributed by atoms with E-state index in [1.54, 1.807) is 6.07 Å². The molecule has 1 aliphatic heterocycles. The first-order chi connectivity index (χ1) is 10.2. The SMILES string of the molecule is CCC(N)Cc1c(F)cccc1N1CCCCCC1CC. The smallest absolute Gasteiger partial charge is 0.128 e. The van der Waals surface area contributed by atoms with Crippen molar-refractivity contribution < 1.29 is 4.39 Å². The molecule has 2 nitrogen and oxygen atoms in total. The summed E-state index contributed by atoms with van der Waals surface area (Å²) in [5.74, 6) is -0.101. The fourth-order valence-corrected chi connectivity index (χ4v) is 3.34. The number of nitrogens with two attached hydrogens (primary N) is 1. The van der Waals surface area contributed by atoms with Crippen molar-refractivity contribution >= 4 is 5.69 Å². The Labute approximate surface area is 128 Å². The van der Waals surface area contributed by atoms with Gasteiger partial charge in [-0.1, -0.05) is 32.8 Å². The van der Waals surface area contributed by atoms with Crippen molar-refractivity contribution in [3.05, 3.63) is 29.6 Å². The second-order valence-electron chi connectivity index (χ2n) is 6.21. The van der Waals surface area contributed by atoms with Crippen molar-refractivity contribution in [3.63, 3.8) is 0 Å². The maximum Gasteiger partial charge on any atom is 0.128 e. The Morgan fingerprint density at radius 2 is 2.10 bits per heavy atom. The molecule has 2 unspecified atom stereocenters. The minimum absolute atomic E-state index is 0.0349. The number of anilines is 1. The van der Waals surface area contributed by atoms with E-state index in [1.165, 1.54) is 25.7 Å².